The van der Waals surface area contributed by atoms with E-state index >= 15 is 0 Å². The third-order valence-electron chi connectivity index (χ3n) is 3.11. The summed E-state index contributed by atoms with van der Waals surface area (Å²) >= 11 is 1.72. The van der Waals surface area contributed by atoms with Crippen LogP contribution in [0, 0.1) is 6.92 Å². The van der Waals surface area contributed by atoms with Gasteiger partial charge in [0.2, 0.25) is 0 Å². The minimum absolute atomic E-state index is 0.213. The highest BCUT2D eigenvalue weighted by Crippen LogP contribution is 2.27. The lowest BCUT2D eigenvalue weighted by atomic mass is 10.1. The first kappa shape index (κ1) is 16.5. The van der Waals surface area contributed by atoms with E-state index in [0.717, 1.165) is 19.7 Å². The SMILES string of the molecule is COCCNCc1ccc(SC(C)C(C)O)cc1C. The van der Waals surface area contributed by atoms with Crippen molar-refractivity contribution in [2.45, 2.75) is 43.6 Å². The van der Waals surface area contributed by atoms with Gasteiger partial charge in [-0.25, -0.2) is 0 Å². The van der Waals surface area contributed by atoms with Crippen LogP contribution in [-0.2, 0) is 11.3 Å². The van der Waals surface area contributed by atoms with Gasteiger partial charge in [-0.15, -0.1) is 11.8 Å². The normalized spacial score (nSPS) is 14.4. The fourth-order valence-electron chi connectivity index (χ4n) is 1.65. The molecule has 2 N–H and O–H groups in total. The Labute approximate surface area is 120 Å². The second-order valence-corrected chi connectivity index (χ2v) is 6.27. The summed E-state index contributed by atoms with van der Waals surface area (Å²) in [4.78, 5) is 1.21. The Kier molecular flexibility index (Phi) is 7.46. The second-order valence-electron chi connectivity index (χ2n) is 4.82. The Morgan fingerprint density at radius 3 is 2.68 bits per heavy atom. The van der Waals surface area contributed by atoms with Crippen molar-refractivity contribution >= 4 is 11.8 Å². The van der Waals surface area contributed by atoms with Crippen molar-refractivity contribution in [2.24, 2.45) is 0 Å². The smallest absolute Gasteiger partial charge is 0.0631 e. The molecule has 0 aliphatic carbocycles. The molecule has 2 atom stereocenters. The van der Waals surface area contributed by atoms with E-state index in [-0.39, 0.29) is 11.4 Å². The minimum Gasteiger partial charge on any atom is -0.392 e. The summed E-state index contributed by atoms with van der Waals surface area (Å²) in [6.45, 7) is 8.48. The van der Waals surface area contributed by atoms with E-state index in [0.29, 0.717) is 0 Å². The fraction of sp³-hybridized carbons (Fsp3) is 0.600. The van der Waals surface area contributed by atoms with Gasteiger partial charge in [-0.1, -0.05) is 13.0 Å². The van der Waals surface area contributed by atoms with Crippen LogP contribution >= 0.6 is 11.8 Å². The van der Waals surface area contributed by atoms with Gasteiger partial charge in [0.25, 0.3) is 0 Å². The van der Waals surface area contributed by atoms with Crippen LogP contribution in [0.2, 0.25) is 0 Å². The number of rotatable bonds is 8. The highest BCUT2D eigenvalue weighted by Gasteiger charge is 2.10. The van der Waals surface area contributed by atoms with Crippen molar-refractivity contribution in [1.29, 1.82) is 0 Å². The number of hydrogen-bond donors (Lipinski definition) is 2. The number of aliphatic hydroxyl groups is 1. The third-order valence-corrected chi connectivity index (χ3v) is 4.41. The molecule has 0 heterocycles. The molecular weight excluding hydrogens is 258 g/mol. The Morgan fingerprint density at radius 2 is 2.11 bits per heavy atom. The van der Waals surface area contributed by atoms with Crippen LogP contribution in [0.4, 0.5) is 0 Å². The van der Waals surface area contributed by atoms with E-state index in [2.05, 4.69) is 30.4 Å². The lowest BCUT2D eigenvalue weighted by Crippen LogP contribution is -2.19. The quantitative estimate of drug-likeness (QED) is 0.568. The summed E-state index contributed by atoms with van der Waals surface area (Å²) in [6.07, 6.45) is -0.291. The van der Waals surface area contributed by atoms with Crippen molar-refractivity contribution in [3.8, 4) is 0 Å². The zero-order valence-corrected chi connectivity index (χ0v) is 13.1. The molecular formula is C15H25NO2S. The van der Waals surface area contributed by atoms with Gasteiger partial charge < -0.3 is 15.2 Å². The molecule has 0 fully saturated rings. The van der Waals surface area contributed by atoms with Crippen molar-refractivity contribution in [2.75, 3.05) is 20.3 Å². The molecule has 1 aromatic carbocycles. The van der Waals surface area contributed by atoms with Gasteiger partial charge in [0.15, 0.2) is 0 Å². The van der Waals surface area contributed by atoms with E-state index in [1.165, 1.54) is 16.0 Å². The number of aliphatic hydroxyl groups excluding tert-OH is 1. The van der Waals surface area contributed by atoms with Gasteiger partial charge in [0, 0.05) is 30.3 Å². The molecule has 1 aromatic rings. The second kappa shape index (κ2) is 8.59. The molecule has 0 radical (unpaired) electrons. The summed E-state index contributed by atoms with van der Waals surface area (Å²) in [5.74, 6) is 0. The van der Waals surface area contributed by atoms with Crippen LogP contribution in [-0.4, -0.2) is 36.7 Å². The highest BCUT2D eigenvalue weighted by molar-refractivity contribution is 8.00. The molecule has 0 aromatic heterocycles. The van der Waals surface area contributed by atoms with Crippen LogP contribution in [0.1, 0.15) is 25.0 Å². The number of hydrogen-bond acceptors (Lipinski definition) is 4. The summed E-state index contributed by atoms with van der Waals surface area (Å²) in [5, 5.41) is 13.1. The number of methoxy groups -OCH3 is 1. The topological polar surface area (TPSA) is 41.5 Å². The highest BCUT2D eigenvalue weighted by atomic mass is 32.2. The maximum atomic E-state index is 9.53. The van der Waals surface area contributed by atoms with Crippen molar-refractivity contribution in [1.82, 2.24) is 5.32 Å². The van der Waals surface area contributed by atoms with Gasteiger partial charge in [-0.2, -0.15) is 0 Å². The molecule has 0 saturated carbocycles. The molecule has 3 nitrogen and oxygen atoms in total. The Hall–Kier alpha value is -0.550. The zero-order valence-electron chi connectivity index (χ0n) is 12.3. The molecule has 4 heteroatoms. The lowest BCUT2D eigenvalue weighted by Gasteiger charge is -2.15. The largest absolute Gasteiger partial charge is 0.392 e. The number of ether oxygens (including phenoxy) is 1. The van der Waals surface area contributed by atoms with Crippen molar-refractivity contribution in [3.05, 3.63) is 29.3 Å². The molecule has 0 aliphatic rings. The average molecular weight is 283 g/mol. The third kappa shape index (κ3) is 5.95. The first-order chi connectivity index (χ1) is 9.04. The van der Waals surface area contributed by atoms with Crippen LogP contribution in [0.5, 0.6) is 0 Å². The average Bonchev–Trinajstić information content (AvgIpc) is 2.36. The Morgan fingerprint density at radius 1 is 1.37 bits per heavy atom. The minimum atomic E-state index is -0.291. The van der Waals surface area contributed by atoms with E-state index in [9.17, 15) is 5.11 Å². The van der Waals surface area contributed by atoms with Crippen LogP contribution in [0.3, 0.4) is 0 Å². The Balaban J connectivity index is 2.54. The van der Waals surface area contributed by atoms with E-state index in [1.54, 1.807) is 18.9 Å². The first-order valence-corrected chi connectivity index (χ1v) is 7.56. The molecule has 0 saturated heterocycles. The van der Waals surface area contributed by atoms with Gasteiger partial charge >= 0.3 is 0 Å². The predicted octanol–water partition coefficient (Wildman–Crippen LogP) is 2.59. The molecule has 0 aliphatic heterocycles. The maximum absolute atomic E-state index is 9.53. The molecule has 1 rings (SSSR count). The first-order valence-electron chi connectivity index (χ1n) is 6.68. The number of aryl methyl sites for hydroxylation is 1. The summed E-state index contributed by atoms with van der Waals surface area (Å²) in [7, 11) is 1.71. The zero-order chi connectivity index (χ0) is 14.3. The van der Waals surface area contributed by atoms with Crippen molar-refractivity contribution in [3.63, 3.8) is 0 Å². The number of benzene rings is 1. The van der Waals surface area contributed by atoms with Crippen LogP contribution < -0.4 is 5.32 Å². The monoisotopic (exact) mass is 283 g/mol. The number of thioether (sulfide) groups is 1. The van der Waals surface area contributed by atoms with Crippen LogP contribution in [0.15, 0.2) is 23.1 Å². The van der Waals surface area contributed by atoms with Crippen LogP contribution in [0.25, 0.3) is 0 Å². The molecule has 0 amide bonds. The fourth-order valence-corrected chi connectivity index (χ4v) is 2.67. The number of nitrogens with one attached hydrogen (secondary N) is 1. The maximum Gasteiger partial charge on any atom is 0.0631 e. The Bertz CT molecular complexity index is 382. The molecule has 0 spiro atoms. The molecule has 2 unspecified atom stereocenters. The van der Waals surface area contributed by atoms with Gasteiger partial charge in [0.1, 0.15) is 0 Å². The molecule has 19 heavy (non-hydrogen) atoms. The van der Waals surface area contributed by atoms with E-state index in [1.807, 2.05) is 13.8 Å². The van der Waals surface area contributed by atoms with Gasteiger partial charge in [0.05, 0.1) is 12.7 Å². The molecule has 108 valence electrons. The standard InChI is InChI=1S/C15H25NO2S/c1-11-9-15(19-13(3)12(2)17)6-5-14(11)10-16-7-8-18-4/h5-6,9,12-13,16-17H,7-8,10H2,1-4H3. The van der Waals surface area contributed by atoms with E-state index in [4.69, 9.17) is 4.74 Å². The summed E-state index contributed by atoms with van der Waals surface area (Å²) in [6, 6.07) is 6.48. The van der Waals surface area contributed by atoms with Gasteiger partial charge in [-0.05, 0) is 37.1 Å². The summed E-state index contributed by atoms with van der Waals surface area (Å²) < 4.78 is 5.01. The predicted molar refractivity (Wildman–Crippen MR) is 81.8 cm³/mol. The lowest BCUT2D eigenvalue weighted by molar-refractivity contribution is 0.196. The van der Waals surface area contributed by atoms with Crippen molar-refractivity contribution < 1.29 is 9.84 Å². The summed E-state index contributed by atoms with van der Waals surface area (Å²) in [5.41, 5.74) is 2.60. The van der Waals surface area contributed by atoms with E-state index < -0.39 is 0 Å². The van der Waals surface area contributed by atoms with Gasteiger partial charge in [-0.3, -0.25) is 0 Å². The molecule has 0 bridgehead atoms.